The first-order chi connectivity index (χ1) is 17.0. The van der Waals surface area contributed by atoms with Gasteiger partial charge in [-0.2, -0.15) is 31.6 Å². The molecule has 200 valence electrons. The van der Waals surface area contributed by atoms with Crippen LogP contribution in [0.1, 0.15) is 62.5 Å². The van der Waals surface area contributed by atoms with Crippen molar-refractivity contribution in [2.24, 2.45) is 5.92 Å². The van der Waals surface area contributed by atoms with Crippen molar-refractivity contribution in [1.29, 1.82) is 5.26 Å². The molecule has 1 N–H and O–H groups in total. The number of alkyl halides is 6. The first kappa shape index (κ1) is 28.1. The number of nitrogens with one attached hydrogen (secondary N) is 1. The van der Waals surface area contributed by atoms with Crippen molar-refractivity contribution in [3.63, 3.8) is 0 Å². The molecule has 1 aliphatic carbocycles. The summed E-state index contributed by atoms with van der Waals surface area (Å²) >= 11 is 0. The topological polar surface area (TPSA) is 59.4 Å². The standard InChI is InChI=1S/C25H32F6N4O/c26-24(27,28)19-15-20(25(29,30)31)17-22(16-19)35-13-11-34(12-14-35)10-8-18-4-6-21(7-5-18)33-23(36)3-1-2-9-32/h15-18,21H,1-8,10-14H2,(H,33,36)/t18-,21-. The van der Waals surface area contributed by atoms with Gasteiger partial charge in [-0.05, 0) is 69.2 Å². The molecule has 2 aliphatic rings. The maximum absolute atomic E-state index is 13.2. The number of unbranched alkanes of at least 4 members (excludes halogenated alkanes) is 1. The third-order valence-corrected chi connectivity index (χ3v) is 7.07. The smallest absolute Gasteiger partial charge is 0.369 e. The molecule has 0 radical (unpaired) electrons. The van der Waals surface area contributed by atoms with Crippen LogP contribution in [0.4, 0.5) is 32.0 Å². The molecule has 1 amide bonds. The van der Waals surface area contributed by atoms with Crippen LogP contribution in [0.2, 0.25) is 0 Å². The highest BCUT2D eigenvalue weighted by atomic mass is 19.4. The summed E-state index contributed by atoms with van der Waals surface area (Å²) in [6, 6.07) is 3.96. The molecule has 0 spiro atoms. The number of piperazine rings is 1. The van der Waals surface area contributed by atoms with Gasteiger partial charge in [0.25, 0.3) is 0 Å². The molecule has 0 bridgehead atoms. The minimum Gasteiger partial charge on any atom is -0.369 e. The quantitative estimate of drug-likeness (QED) is 0.359. The fourth-order valence-corrected chi connectivity index (χ4v) is 4.94. The van der Waals surface area contributed by atoms with Crippen molar-refractivity contribution in [1.82, 2.24) is 10.2 Å². The van der Waals surface area contributed by atoms with Crippen molar-refractivity contribution in [3.05, 3.63) is 29.3 Å². The van der Waals surface area contributed by atoms with Crippen LogP contribution in [-0.2, 0) is 17.1 Å². The van der Waals surface area contributed by atoms with Crippen LogP contribution in [0.5, 0.6) is 0 Å². The van der Waals surface area contributed by atoms with E-state index >= 15 is 0 Å². The first-order valence-corrected chi connectivity index (χ1v) is 12.4. The van der Waals surface area contributed by atoms with E-state index in [0.717, 1.165) is 50.8 Å². The van der Waals surface area contributed by atoms with Crippen LogP contribution in [0.15, 0.2) is 18.2 Å². The Balaban J connectivity index is 1.43. The van der Waals surface area contributed by atoms with Gasteiger partial charge in [0.2, 0.25) is 5.91 Å². The zero-order valence-corrected chi connectivity index (χ0v) is 20.1. The van der Waals surface area contributed by atoms with Crippen LogP contribution in [-0.4, -0.2) is 49.6 Å². The number of carbonyl (C=O) groups is 1. The number of nitriles is 1. The van der Waals surface area contributed by atoms with Crippen LogP contribution >= 0.6 is 0 Å². The molecule has 0 atom stereocenters. The van der Waals surface area contributed by atoms with E-state index in [9.17, 15) is 31.1 Å². The van der Waals surface area contributed by atoms with Crippen molar-refractivity contribution in [2.45, 2.75) is 69.8 Å². The molecule has 0 aromatic heterocycles. The summed E-state index contributed by atoms with van der Waals surface area (Å²) in [4.78, 5) is 15.7. The lowest BCUT2D eigenvalue weighted by Crippen LogP contribution is -2.47. The molecule has 1 saturated heterocycles. The van der Waals surface area contributed by atoms with E-state index in [-0.39, 0.29) is 23.7 Å². The summed E-state index contributed by atoms with van der Waals surface area (Å²) < 4.78 is 79.0. The number of amides is 1. The van der Waals surface area contributed by atoms with Gasteiger partial charge in [0.1, 0.15) is 0 Å². The predicted molar refractivity (Wildman–Crippen MR) is 123 cm³/mol. The minimum absolute atomic E-state index is 0.00491. The van der Waals surface area contributed by atoms with E-state index in [1.54, 1.807) is 4.90 Å². The van der Waals surface area contributed by atoms with E-state index in [4.69, 9.17) is 5.26 Å². The SMILES string of the molecule is N#CCCCC(=O)N[C@H]1CC[C@H](CCN2CCN(c3cc(C(F)(F)F)cc(C(F)(F)F)c3)CC2)CC1. The van der Waals surface area contributed by atoms with Gasteiger partial charge in [0.15, 0.2) is 0 Å². The van der Waals surface area contributed by atoms with Crippen molar-refractivity contribution in [2.75, 3.05) is 37.6 Å². The van der Waals surface area contributed by atoms with Gasteiger partial charge >= 0.3 is 12.4 Å². The first-order valence-electron chi connectivity index (χ1n) is 12.4. The highest BCUT2D eigenvalue weighted by Gasteiger charge is 2.37. The van der Waals surface area contributed by atoms with E-state index in [0.29, 0.717) is 51.4 Å². The lowest BCUT2D eigenvalue weighted by atomic mass is 9.84. The molecule has 1 heterocycles. The van der Waals surface area contributed by atoms with Crippen LogP contribution in [0, 0.1) is 17.2 Å². The molecule has 1 saturated carbocycles. The Morgan fingerprint density at radius 1 is 0.944 bits per heavy atom. The second kappa shape index (κ2) is 12.2. The lowest BCUT2D eigenvalue weighted by Gasteiger charge is -2.37. The van der Waals surface area contributed by atoms with Gasteiger partial charge in [0, 0.05) is 50.7 Å². The van der Waals surface area contributed by atoms with Crippen LogP contribution < -0.4 is 10.2 Å². The number of nitrogens with zero attached hydrogens (tertiary/aromatic N) is 3. The Morgan fingerprint density at radius 2 is 1.53 bits per heavy atom. The molecule has 0 unspecified atom stereocenters. The monoisotopic (exact) mass is 518 g/mol. The number of rotatable bonds is 8. The highest BCUT2D eigenvalue weighted by Crippen LogP contribution is 2.38. The Kier molecular flexibility index (Phi) is 9.50. The zero-order valence-electron chi connectivity index (χ0n) is 20.1. The molecule has 1 aromatic carbocycles. The third-order valence-electron chi connectivity index (χ3n) is 7.07. The molecular formula is C25H32F6N4O. The van der Waals surface area contributed by atoms with E-state index in [1.807, 2.05) is 6.07 Å². The zero-order chi connectivity index (χ0) is 26.3. The number of hydrogen-bond donors (Lipinski definition) is 1. The van der Waals surface area contributed by atoms with Gasteiger partial charge in [-0.15, -0.1) is 0 Å². The van der Waals surface area contributed by atoms with Crippen LogP contribution in [0.25, 0.3) is 0 Å². The number of carbonyl (C=O) groups excluding carboxylic acids is 1. The largest absolute Gasteiger partial charge is 0.416 e. The number of hydrogen-bond acceptors (Lipinski definition) is 4. The molecule has 36 heavy (non-hydrogen) atoms. The van der Waals surface area contributed by atoms with E-state index < -0.39 is 23.5 Å². The normalized spacial score (nSPS) is 21.8. The molecule has 1 aliphatic heterocycles. The molecule has 1 aromatic rings. The second-order valence-electron chi connectivity index (χ2n) is 9.68. The summed E-state index contributed by atoms with van der Waals surface area (Å²) in [5.74, 6) is 0.530. The summed E-state index contributed by atoms with van der Waals surface area (Å²) in [6.45, 7) is 2.71. The van der Waals surface area contributed by atoms with E-state index in [2.05, 4.69) is 10.2 Å². The average molecular weight is 519 g/mol. The maximum Gasteiger partial charge on any atom is 0.416 e. The maximum atomic E-state index is 13.2. The Labute approximate surface area is 207 Å². The summed E-state index contributed by atoms with van der Waals surface area (Å²) in [5, 5.41) is 11.6. The summed E-state index contributed by atoms with van der Waals surface area (Å²) in [6.07, 6.45) is -3.55. The fourth-order valence-electron chi connectivity index (χ4n) is 4.94. The average Bonchev–Trinajstić information content (AvgIpc) is 2.83. The van der Waals surface area contributed by atoms with Crippen molar-refractivity contribution >= 4 is 11.6 Å². The second-order valence-corrected chi connectivity index (χ2v) is 9.68. The van der Waals surface area contributed by atoms with E-state index in [1.165, 1.54) is 0 Å². The highest BCUT2D eigenvalue weighted by molar-refractivity contribution is 5.76. The van der Waals surface area contributed by atoms with Gasteiger partial charge in [-0.3, -0.25) is 9.69 Å². The molecule has 3 rings (SSSR count). The molecular weight excluding hydrogens is 486 g/mol. The summed E-state index contributed by atoms with van der Waals surface area (Å²) in [7, 11) is 0. The van der Waals surface area contributed by atoms with Gasteiger partial charge in [-0.25, -0.2) is 0 Å². The lowest BCUT2D eigenvalue weighted by molar-refractivity contribution is -0.143. The van der Waals surface area contributed by atoms with Crippen molar-refractivity contribution < 1.29 is 31.1 Å². The Bertz CT molecular complexity index is 878. The summed E-state index contributed by atoms with van der Waals surface area (Å²) in [5.41, 5.74) is -2.63. The molecule has 2 fully saturated rings. The fraction of sp³-hybridized carbons (Fsp3) is 0.680. The van der Waals surface area contributed by atoms with Gasteiger partial charge in [0.05, 0.1) is 17.2 Å². The Morgan fingerprint density at radius 3 is 2.06 bits per heavy atom. The minimum atomic E-state index is -4.85. The number of halogens is 6. The predicted octanol–water partition coefficient (Wildman–Crippen LogP) is 5.61. The van der Waals surface area contributed by atoms with Crippen LogP contribution in [0.3, 0.4) is 0 Å². The molecule has 5 nitrogen and oxygen atoms in total. The van der Waals surface area contributed by atoms with Gasteiger partial charge < -0.3 is 10.2 Å². The molecule has 11 heteroatoms. The number of anilines is 1. The number of benzene rings is 1. The Hall–Kier alpha value is -2.48. The van der Waals surface area contributed by atoms with Gasteiger partial charge in [-0.1, -0.05) is 0 Å². The third kappa shape index (κ3) is 8.29. The van der Waals surface area contributed by atoms with Crippen molar-refractivity contribution in [3.8, 4) is 6.07 Å².